The highest BCUT2D eigenvalue weighted by Crippen LogP contribution is 2.36. The van der Waals surface area contributed by atoms with Crippen molar-refractivity contribution in [2.75, 3.05) is 13.7 Å². The van der Waals surface area contributed by atoms with Crippen molar-refractivity contribution in [1.29, 1.82) is 0 Å². The molecule has 0 aromatic rings. The van der Waals surface area contributed by atoms with Crippen molar-refractivity contribution in [3.63, 3.8) is 0 Å². The first-order chi connectivity index (χ1) is 7.47. The van der Waals surface area contributed by atoms with Gasteiger partial charge in [-0.1, -0.05) is 6.92 Å². The van der Waals surface area contributed by atoms with Crippen LogP contribution in [0.25, 0.3) is 0 Å². The van der Waals surface area contributed by atoms with Gasteiger partial charge in [-0.15, -0.1) is 9.42 Å². The van der Waals surface area contributed by atoms with Gasteiger partial charge in [0.15, 0.2) is 0 Å². The predicted octanol–water partition coefficient (Wildman–Crippen LogP) is 0.142. The van der Waals surface area contributed by atoms with Crippen LogP contribution in [0.5, 0.6) is 0 Å². The average molecular weight is 263 g/mol. The first-order valence-corrected chi connectivity index (χ1v) is 6.75. The molecular weight excluding hydrogens is 248 g/mol. The lowest BCUT2D eigenvalue weighted by molar-refractivity contribution is -0.0117. The molecule has 1 rings (SSSR count). The molecule has 0 aromatic heterocycles. The van der Waals surface area contributed by atoms with E-state index in [0.717, 1.165) is 0 Å². The maximum atomic E-state index is 10.7. The lowest BCUT2D eigenvalue weighted by atomic mass is 9.47. The van der Waals surface area contributed by atoms with Crippen LogP contribution < -0.4 is 0 Å². The first-order valence-electron chi connectivity index (χ1n) is 4.95. The third-order valence-electron chi connectivity index (χ3n) is 2.66. The topological polar surface area (TPSA) is 65.0 Å². The van der Waals surface area contributed by atoms with Crippen molar-refractivity contribution in [2.24, 2.45) is 5.92 Å². The number of hydrogen-bond acceptors (Lipinski definition) is 4. The van der Waals surface area contributed by atoms with E-state index in [1.54, 1.807) is 0 Å². The van der Waals surface area contributed by atoms with E-state index in [9.17, 15) is 4.57 Å². The van der Waals surface area contributed by atoms with Gasteiger partial charge in [0.2, 0.25) is 0 Å². The Balaban J connectivity index is 2.71. The lowest BCUT2D eigenvalue weighted by Gasteiger charge is -2.17. The molecule has 0 aliphatic carbocycles. The number of ether oxygens (including phenoxy) is 2. The first kappa shape index (κ1) is 14.6. The minimum absolute atomic E-state index is 0.0567. The maximum absolute atomic E-state index is 10.7. The molecule has 0 amide bonds. The van der Waals surface area contributed by atoms with Gasteiger partial charge in [0.25, 0.3) is 0 Å². The fourth-order valence-electron chi connectivity index (χ4n) is 1.94. The molecule has 88 valence electrons. The second-order valence-electron chi connectivity index (χ2n) is 3.84. The summed E-state index contributed by atoms with van der Waals surface area (Å²) < 4.78 is 26.3. The minimum Gasteiger partial charge on any atom is -0.382 e. The Morgan fingerprint density at radius 3 is 2.75 bits per heavy atom. The molecule has 1 aliphatic rings. The van der Waals surface area contributed by atoms with E-state index in [1.165, 1.54) is 7.11 Å². The molecule has 1 fully saturated rings. The molecule has 16 heavy (non-hydrogen) atoms. The van der Waals surface area contributed by atoms with Gasteiger partial charge in [-0.25, -0.2) is 0 Å². The van der Waals surface area contributed by atoms with E-state index in [0.29, 0.717) is 6.61 Å². The van der Waals surface area contributed by atoms with E-state index < -0.39 is 14.4 Å². The van der Waals surface area contributed by atoms with Crippen LogP contribution in [-0.4, -0.2) is 50.9 Å². The molecule has 0 aromatic carbocycles. The third kappa shape index (κ3) is 3.49. The zero-order chi connectivity index (χ0) is 12.3. The molecule has 9 heteroatoms. The van der Waals surface area contributed by atoms with E-state index in [4.69, 9.17) is 26.6 Å². The fourth-order valence-corrected chi connectivity index (χ4v) is 2.91. The Morgan fingerprint density at radius 2 is 2.31 bits per heavy atom. The normalized spacial score (nSPS) is 35.1. The summed E-state index contributed by atoms with van der Waals surface area (Å²) >= 11 is 0. The Hall–Kier alpha value is 0.500. The molecule has 0 saturated carbocycles. The molecule has 1 N–H and O–H groups in total. The molecule has 1 saturated heterocycles. The quantitative estimate of drug-likeness (QED) is 0.564. The Bertz CT molecular complexity index is 255. The molecule has 2 radical (unpaired) electrons. The summed E-state index contributed by atoms with van der Waals surface area (Å²) in [6.45, 7) is 2.19. The number of methoxy groups -OCH3 is 1. The number of hydrogen-bond donors (Lipinski definition) is 1. The van der Waals surface area contributed by atoms with Gasteiger partial charge >= 0.3 is 8.25 Å². The van der Waals surface area contributed by atoms with Gasteiger partial charge in [-0.3, -0.25) is 0 Å². The van der Waals surface area contributed by atoms with Gasteiger partial charge in [0.05, 0.1) is 6.61 Å². The molecular formula is C7H15B2O5P2+. The van der Waals surface area contributed by atoms with Crippen LogP contribution in [0.3, 0.4) is 0 Å². The fraction of sp³-hybridized carbons (Fsp3) is 1.00. The molecule has 1 heterocycles. The van der Waals surface area contributed by atoms with Crippen molar-refractivity contribution in [3.8, 4) is 0 Å². The summed E-state index contributed by atoms with van der Waals surface area (Å²) in [5.74, 6) is -0.0567. The van der Waals surface area contributed by atoms with E-state index in [1.807, 2.05) is 6.92 Å². The zero-order valence-electron chi connectivity index (χ0n) is 9.28. The highest BCUT2D eigenvalue weighted by molar-refractivity contribution is 7.72. The lowest BCUT2D eigenvalue weighted by Crippen LogP contribution is -2.33. The Morgan fingerprint density at radius 1 is 1.69 bits per heavy atom. The molecule has 0 bridgehead atoms. The largest absolute Gasteiger partial charge is 0.695 e. The van der Waals surface area contributed by atoms with Crippen molar-refractivity contribution in [3.05, 3.63) is 0 Å². The van der Waals surface area contributed by atoms with Crippen molar-refractivity contribution < 1.29 is 23.5 Å². The molecule has 2 unspecified atom stereocenters. The molecule has 0 spiro atoms. The highest BCUT2D eigenvalue weighted by Gasteiger charge is 2.48. The molecule has 5 nitrogen and oxygen atoms in total. The molecule has 1 aliphatic heterocycles. The van der Waals surface area contributed by atoms with Crippen LogP contribution in [-0.2, 0) is 18.6 Å². The second kappa shape index (κ2) is 6.44. The summed E-state index contributed by atoms with van der Waals surface area (Å²) in [4.78, 5) is 8.80. The van der Waals surface area contributed by atoms with E-state index in [2.05, 4.69) is 9.12 Å². The van der Waals surface area contributed by atoms with Crippen LogP contribution in [0, 0.1) is 5.92 Å². The monoisotopic (exact) mass is 263 g/mol. The summed E-state index contributed by atoms with van der Waals surface area (Å²) in [5.41, 5.74) is 0. The van der Waals surface area contributed by atoms with Gasteiger partial charge in [-0.05, 0) is 0 Å². The third-order valence-corrected chi connectivity index (χ3v) is 3.46. The van der Waals surface area contributed by atoms with Crippen LogP contribution >= 0.6 is 17.4 Å². The van der Waals surface area contributed by atoms with Crippen molar-refractivity contribution in [2.45, 2.75) is 25.1 Å². The summed E-state index contributed by atoms with van der Waals surface area (Å²) in [7, 11) is 7.10. The number of rotatable bonds is 5. The Labute approximate surface area is 100 Å². The standard InChI is InChI=1S/C7H14B2O5P2/c1-4-6(14-16(10)11)5(3-12-2)13-7(4)9(8)15/h4-7H,3,15H2,1-2H3/p+1/t4-,5-,6+,7-/m1/s1. The van der Waals surface area contributed by atoms with Gasteiger partial charge in [-0.2, -0.15) is 9.12 Å². The van der Waals surface area contributed by atoms with Crippen LogP contribution in [0.15, 0.2) is 0 Å². The summed E-state index contributed by atoms with van der Waals surface area (Å²) in [6, 6.07) is -0.218. The van der Waals surface area contributed by atoms with Crippen molar-refractivity contribution >= 4 is 31.4 Å². The van der Waals surface area contributed by atoms with E-state index >= 15 is 0 Å². The Kier molecular flexibility index (Phi) is 5.86. The van der Waals surface area contributed by atoms with E-state index in [-0.39, 0.29) is 24.3 Å². The minimum atomic E-state index is -2.65. The van der Waals surface area contributed by atoms with Crippen LogP contribution in [0.1, 0.15) is 6.92 Å². The zero-order valence-corrected chi connectivity index (χ0v) is 11.3. The van der Waals surface area contributed by atoms with Crippen LogP contribution in [0.2, 0.25) is 0 Å². The summed E-state index contributed by atoms with van der Waals surface area (Å²) in [5, 5.41) is 0. The van der Waals surface area contributed by atoms with Gasteiger partial charge < -0.3 is 9.47 Å². The second-order valence-corrected chi connectivity index (χ2v) is 5.30. The van der Waals surface area contributed by atoms with Gasteiger partial charge in [0, 0.05) is 31.3 Å². The van der Waals surface area contributed by atoms with Crippen LogP contribution in [0.4, 0.5) is 0 Å². The summed E-state index contributed by atoms with van der Waals surface area (Å²) in [6.07, 6.45) is -1.06. The predicted molar refractivity (Wildman–Crippen MR) is 65.6 cm³/mol. The average Bonchev–Trinajstić information content (AvgIpc) is 2.46. The van der Waals surface area contributed by atoms with Crippen molar-refractivity contribution in [1.82, 2.24) is 0 Å². The SMILES string of the molecule is [B]B(P)[C@@H]1O[C@H](COC)[C@@H](O[P+](=O)O)[C@H]1C. The highest BCUT2D eigenvalue weighted by atomic mass is 31.1. The van der Waals surface area contributed by atoms with Gasteiger partial charge in [0.1, 0.15) is 18.5 Å². The maximum Gasteiger partial charge on any atom is 0.695 e. The molecule has 6 atom stereocenters. The smallest absolute Gasteiger partial charge is 0.382 e.